The lowest BCUT2D eigenvalue weighted by atomic mass is 10.5. The standard InChI is InChI=1S/C34H60N2O18/c37-31(29-54-30-34(40)41)35-3-5-42-7-9-44-11-13-46-15-17-48-19-21-50-23-25-52-27-28-53-26-24-51-22-20-49-18-16-47-14-12-45-10-8-43-6-4-36-32(38)1-2-33(36)39/h1-2H,3-30H2,(H,35,37)(H,40,41). The van der Waals surface area contributed by atoms with Gasteiger partial charge in [0.1, 0.15) is 13.2 Å². The maximum Gasteiger partial charge on any atom is 0.329 e. The fourth-order valence-corrected chi connectivity index (χ4v) is 3.87. The highest BCUT2D eigenvalue weighted by Gasteiger charge is 2.22. The van der Waals surface area contributed by atoms with Crippen molar-refractivity contribution in [2.24, 2.45) is 0 Å². The molecule has 0 radical (unpaired) electrons. The van der Waals surface area contributed by atoms with E-state index in [0.717, 1.165) is 4.90 Å². The molecule has 0 aromatic heterocycles. The lowest BCUT2D eigenvalue weighted by molar-refractivity contribution is -0.144. The number of carbonyl (C=O) groups excluding carboxylic acids is 3. The number of nitrogens with one attached hydrogen (secondary N) is 1. The van der Waals surface area contributed by atoms with Gasteiger partial charge >= 0.3 is 5.97 Å². The Morgan fingerprint density at radius 3 is 1.00 bits per heavy atom. The molecule has 0 atom stereocenters. The molecule has 0 fully saturated rings. The summed E-state index contributed by atoms with van der Waals surface area (Å²) in [7, 11) is 0. The van der Waals surface area contributed by atoms with Gasteiger partial charge in [-0.3, -0.25) is 19.3 Å². The number of nitrogens with zero attached hydrogens (tertiary/aromatic N) is 1. The normalized spacial score (nSPS) is 12.7. The Kier molecular flexibility index (Phi) is 35.2. The summed E-state index contributed by atoms with van der Waals surface area (Å²) >= 11 is 0. The summed E-state index contributed by atoms with van der Waals surface area (Å²) in [6, 6.07) is 0. The highest BCUT2D eigenvalue weighted by atomic mass is 16.6. The number of carboxylic acid groups (broad SMARTS) is 1. The molecule has 0 saturated carbocycles. The number of aliphatic carboxylic acids is 1. The first-order valence-corrected chi connectivity index (χ1v) is 18.0. The van der Waals surface area contributed by atoms with E-state index in [1.807, 2.05) is 0 Å². The number of imide groups is 1. The quantitative estimate of drug-likeness (QED) is 0.0521. The first-order chi connectivity index (χ1) is 26.5. The minimum absolute atomic E-state index is 0.230. The summed E-state index contributed by atoms with van der Waals surface area (Å²) in [4.78, 5) is 45.6. The molecule has 0 aromatic rings. The third-order valence-electron chi connectivity index (χ3n) is 6.48. The van der Waals surface area contributed by atoms with Crippen LogP contribution in [0.5, 0.6) is 0 Å². The molecule has 54 heavy (non-hydrogen) atoms. The molecular weight excluding hydrogens is 724 g/mol. The minimum Gasteiger partial charge on any atom is -0.480 e. The van der Waals surface area contributed by atoms with Crippen molar-refractivity contribution in [3.05, 3.63) is 12.2 Å². The van der Waals surface area contributed by atoms with Gasteiger partial charge in [0.25, 0.3) is 11.8 Å². The van der Waals surface area contributed by atoms with Gasteiger partial charge in [-0.2, -0.15) is 0 Å². The predicted octanol–water partition coefficient (Wildman–Crippen LogP) is -1.67. The second-order valence-electron chi connectivity index (χ2n) is 10.7. The molecular formula is C34H60N2O18. The van der Waals surface area contributed by atoms with Gasteiger partial charge in [-0.15, -0.1) is 0 Å². The number of carboxylic acids is 1. The maximum atomic E-state index is 11.4. The predicted molar refractivity (Wildman–Crippen MR) is 187 cm³/mol. The number of rotatable bonds is 43. The molecule has 0 unspecified atom stereocenters. The van der Waals surface area contributed by atoms with Crippen molar-refractivity contribution in [3.8, 4) is 0 Å². The molecule has 3 amide bonds. The van der Waals surface area contributed by atoms with E-state index >= 15 is 0 Å². The summed E-state index contributed by atoms with van der Waals surface area (Å²) in [5.74, 6) is -2.16. The van der Waals surface area contributed by atoms with Crippen LogP contribution in [0, 0.1) is 0 Å². The van der Waals surface area contributed by atoms with E-state index in [9.17, 15) is 19.2 Å². The van der Waals surface area contributed by atoms with Crippen molar-refractivity contribution in [3.63, 3.8) is 0 Å². The molecule has 1 aliphatic rings. The van der Waals surface area contributed by atoms with Gasteiger partial charge in [0.2, 0.25) is 5.91 Å². The zero-order chi connectivity index (χ0) is 39.0. The van der Waals surface area contributed by atoms with Crippen molar-refractivity contribution in [2.45, 2.75) is 0 Å². The van der Waals surface area contributed by atoms with Gasteiger partial charge in [0, 0.05) is 18.7 Å². The number of amides is 3. The van der Waals surface area contributed by atoms with Crippen LogP contribution in [0.1, 0.15) is 0 Å². The van der Waals surface area contributed by atoms with Crippen molar-refractivity contribution in [1.82, 2.24) is 10.2 Å². The van der Waals surface area contributed by atoms with Crippen LogP contribution in [-0.4, -0.2) is 219 Å². The minimum atomic E-state index is -1.13. The Labute approximate surface area is 316 Å². The van der Waals surface area contributed by atoms with E-state index in [-0.39, 0.29) is 31.6 Å². The molecule has 1 rings (SSSR count). The average molecular weight is 785 g/mol. The largest absolute Gasteiger partial charge is 0.480 e. The first-order valence-electron chi connectivity index (χ1n) is 18.0. The molecule has 2 N–H and O–H groups in total. The molecule has 0 saturated heterocycles. The topological polar surface area (TPSA) is 224 Å². The van der Waals surface area contributed by atoms with Crippen molar-refractivity contribution < 1.29 is 85.9 Å². The van der Waals surface area contributed by atoms with Crippen LogP contribution in [-0.2, 0) is 80.8 Å². The Balaban J connectivity index is 1.62. The molecule has 0 bridgehead atoms. The summed E-state index contributed by atoms with van der Waals surface area (Å²) in [6.07, 6.45) is 2.50. The van der Waals surface area contributed by atoms with E-state index in [4.69, 9.17) is 61.9 Å². The van der Waals surface area contributed by atoms with Crippen LogP contribution in [0.15, 0.2) is 12.2 Å². The number of hydrogen-bond acceptors (Lipinski definition) is 17. The fourth-order valence-electron chi connectivity index (χ4n) is 3.87. The van der Waals surface area contributed by atoms with Crippen LogP contribution < -0.4 is 5.32 Å². The highest BCUT2D eigenvalue weighted by Crippen LogP contribution is 2.02. The number of hydrogen-bond donors (Lipinski definition) is 2. The third kappa shape index (κ3) is 33.8. The van der Waals surface area contributed by atoms with Gasteiger partial charge in [0.05, 0.1) is 165 Å². The molecule has 314 valence electrons. The van der Waals surface area contributed by atoms with E-state index in [0.29, 0.717) is 159 Å². The van der Waals surface area contributed by atoms with Crippen LogP contribution in [0.25, 0.3) is 0 Å². The zero-order valence-electron chi connectivity index (χ0n) is 31.3. The van der Waals surface area contributed by atoms with Gasteiger partial charge in [0.15, 0.2) is 0 Å². The molecule has 0 spiro atoms. The Morgan fingerprint density at radius 1 is 0.426 bits per heavy atom. The van der Waals surface area contributed by atoms with E-state index in [1.165, 1.54) is 12.2 Å². The lowest BCUT2D eigenvalue weighted by Crippen LogP contribution is -2.33. The molecule has 1 heterocycles. The molecule has 20 heteroatoms. The van der Waals surface area contributed by atoms with Gasteiger partial charge < -0.3 is 72.0 Å². The summed E-state index contributed by atoms with van der Waals surface area (Å²) in [6.45, 7) is 9.98. The van der Waals surface area contributed by atoms with E-state index in [2.05, 4.69) is 10.1 Å². The second-order valence-corrected chi connectivity index (χ2v) is 10.7. The fraction of sp³-hybridized carbons (Fsp3) is 0.824. The molecule has 0 aromatic carbocycles. The second kappa shape index (κ2) is 38.6. The highest BCUT2D eigenvalue weighted by molar-refractivity contribution is 6.12. The van der Waals surface area contributed by atoms with Gasteiger partial charge in [-0.25, -0.2) is 4.79 Å². The first kappa shape index (κ1) is 49.3. The SMILES string of the molecule is O=C(O)COCC(=O)NCCOCCOCCOCCOCCOCCOCCOCCOCCOCCOCCOCCOCCN1C(=O)C=CC1=O. The molecule has 20 nitrogen and oxygen atoms in total. The van der Waals surface area contributed by atoms with E-state index < -0.39 is 18.5 Å². The lowest BCUT2D eigenvalue weighted by Gasteiger charge is -2.13. The van der Waals surface area contributed by atoms with E-state index in [1.54, 1.807) is 0 Å². The van der Waals surface area contributed by atoms with Crippen molar-refractivity contribution in [1.29, 1.82) is 0 Å². The average Bonchev–Trinajstić information content (AvgIpc) is 3.48. The van der Waals surface area contributed by atoms with Crippen LogP contribution in [0.3, 0.4) is 0 Å². The Hall–Kier alpha value is -2.70. The molecule has 0 aliphatic carbocycles. The Morgan fingerprint density at radius 2 is 0.704 bits per heavy atom. The Bertz CT molecular complexity index is 942. The van der Waals surface area contributed by atoms with Crippen molar-refractivity contribution in [2.75, 3.05) is 185 Å². The monoisotopic (exact) mass is 784 g/mol. The zero-order valence-corrected chi connectivity index (χ0v) is 31.3. The van der Waals surface area contributed by atoms with Crippen molar-refractivity contribution >= 4 is 23.7 Å². The molecule has 1 aliphatic heterocycles. The van der Waals surface area contributed by atoms with Crippen LogP contribution in [0.4, 0.5) is 0 Å². The summed E-state index contributed by atoms with van der Waals surface area (Å²) < 4.78 is 69.8. The maximum absolute atomic E-state index is 11.4. The van der Waals surface area contributed by atoms with Gasteiger partial charge in [-0.05, 0) is 0 Å². The number of ether oxygens (including phenoxy) is 13. The summed E-state index contributed by atoms with van der Waals surface area (Å²) in [5.41, 5.74) is 0. The number of carbonyl (C=O) groups is 4. The van der Waals surface area contributed by atoms with Crippen LogP contribution in [0.2, 0.25) is 0 Å². The smallest absolute Gasteiger partial charge is 0.329 e. The summed E-state index contributed by atoms with van der Waals surface area (Å²) in [5, 5.41) is 11.0. The van der Waals surface area contributed by atoms with Gasteiger partial charge in [-0.1, -0.05) is 0 Å². The van der Waals surface area contributed by atoms with Crippen LogP contribution >= 0.6 is 0 Å². The third-order valence-corrected chi connectivity index (χ3v) is 6.48.